The zero-order valence-electron chi connectivity index (χ0n) is 34.1. The van der Waals surface area contributed by atoms with E-state index in [1.807, 2.05) is 0 Å². The van der Waals surface area contributed by atoms with Gasteiger partial charge in [0, 0.05) is 19.3 Å². The van der Waals surface area contributed by atoms with Crippen LogP contribution in [0, 0.1) is 0 Å². The molecular formula is C46H80O6. The number of hydrogen-bond acceptors (Lipinski definition) is 6. The smallest absolute Gasteiger partial charge is 0.306 e. The van der Waals surface area contributed by atoms with Gasteiger partial charge in [0.15, 0.2) is 6.10 Å². The number of carbonyl (C=O) groups is 3. The number of carbonyl (C=O) groups excluding carboxylic acids is 3. The van der Waals surface area contributed by atoms with Gasteiger partial charge in [-0.3, -0.25) is 14.4 Å². The molecule has 6 heteroatoms. The Morgan fingerprint density at radius 1 is 0.404 bits per heavy atom. The van der Waals surface area contributed by atoms with Gasteiger partial charge >= 0.3 is 17.9 Å². The summed E-state index contributed by atoms with van der Waals surface area (Å²) in [6.07, 6.45) is 46.7. The molecule has 0 rings (SSSR count). The van der Waals surface area contributed by atoms with Crippen molar-refractivity contribution < 1.29 is 28.6 Å². The molecule has 0 aliphatic carbocycles. The summed E-state index contributed by atoms with van der Waals surface area (Å²) in [6, 6.07) is 0. The summed E-state index contributed by atoms with van der Waals surface area (Å²) in [4.78, 5) is 37.6. The van der Waals surface area contributed by atoms with Crippen LogP contribution in [0.15, 0.2) is 48.6 Å². The van der Waals surface area contributed by atoms with Gasteiger partial charge in [-0.2, -0.15) is 0 Å². The second-order valence-electron chi connectivity index (χ2n) is 14.2. The Balaban J connectivity index is 4.41. The zero-order chi connectivity index (χ0) is 38.0. The Bertz CT molecular complexity index is 933. The molecule has 0 saturated heterocycles. The Morgan fingerprint density at radius 2 is 0.750 bits per heavy atom. The zero-order valence-corrected chi connectivity index (χ0v) is 34.1. The molecule has 0 aliphatic rings. The van der Waals surface area contributed by atoms with Crippen molar-refractivity contribution in [1.82, 2.24) is 0 Å². The minimum absolute atomic E-state index is 0.0826. The van der Waals surface area contributed by atoms with Crippen LogP contribution in [0.2, 0.25) is 0 Å². The van der Waals surface area contributed by atoms with Crippen molar-refractivity contribution in [2.75, 3.05) is 13.2 Å². The van der Waals surface area contributed by atoms with Gasteiger partial charge in [0.25, 0.3) is 0 Å². The third-order valence-corrected chi connectivity index (χ3v) is 9.08. The molecule has 0 radical (unpaired) electrons. The van der Waals surface area contributed by atoms with E-state index >= 15 is 0 Å². The number of hydrogen-bond donors (Lipinski definition) is 0. The highest BCUT2D eigenvalue weighted by molar-refractivity contribution is 5.71. The van der Waals surface area contributed by atoms with Gasteiger partial charge in [-0.1, -0.05) is 166 Å². The molecule has 0 heterocycles. The molecule has 0 aromatic rings. The standard InChI is InChI=1S/C46H80O6/c1-4-7-10-13-16-19-22-24-27-30-33-36-39-45(48)51-42-43(41-50-44(47)38-35-32-29-26-21-18-15-12-9-6-3)52-46(49)40-37-34-31-28-25-23-20-17-14-11-8-5-2/h7-8,10-11,16-17,19-20,43H,4-6,9,12-15,18,21-42H2,1-3H3/b10-7-,11-8-,19-16-,20-17-. The van der Waals surface area contributed by atoms with Gasteiger partial charge in [0.05, 0.1) is 0 Å². The van der Waals surface area contributed by atoms with Crippen LogP contribution in [0.4, 0.5) is 0 Å². The highest BCUT2D eigenvalue weighted by Gasteiger charge is 2.19. The second kappa shape index (κ2) is 41.1. The van der Waals surface area contributed by atoms with Crippen LogP contribution < -0.4 is 0 Å². The monoisotopic (exact) mass is 729 g/mol. The minimum atomic E-state index is -0.780. The lowest BCUT2D eigenvalue weighted by Crippen LogP contribution is -2.30. The van der Waals surface area contributed by atoms with Crippen LogP contribution in [0.3, 0.4) is 0 Å². The van der Waals surface area contributed by atoms with E-state index in [0.717, 1.165) is 116 Å². The van der Waals surface area contributed by atoms with E-state index in [1.165, 1.54) is 51.4 Å². The molecule has 0 aromatic heterocycles. The Hall–Kier alpha value is -2.63. The topological polar surface area (TPSA) is 78.9 Å². The van der Waals surface area contributed by atoms with E-state index in [-0.39, 0.29) is 31.1 Å². The van der Waals surface area contributed by atoms with Gasteiger partial charge in [0.1, 0.15) is 13.2 Å². The van der Waals surface area contributed by atoms with Crippen molar-refractivity contribution in [2.45, 2.75) is 213 Å². The number of ether oxygens (including phenoxy) is 3. The molecule has 1 atom stereocenters. The summed E-state index contributed by atoms with van der Waals surface area (Å²) in [6.45, 7) is 6.36. The first-order valence-corrected chi connectivity index (χ1v) is 21.6. The fraction of sp³-hybridized carbons (Fsp3) is 0.761. The maximum absolute atomic E-state index is 12.7. The van der Waals surface area contributed by atoms with Gasteiger partial charge in [0.2, 0.25) is 0 Å². The number of allylic oxidation sites excluding steroid dienone is 8. The molecule has 0 amide bonds. The van der Waals surface area contributed by atoms with E-state index in [9.17, 15) is 14.4 Å². The SMILES string of the molecule is CC/C=C\C/C=C\CCCCCCCC(=O)OCC(COC(=O)CCCCCCCCCCCC)OC(=O)CCCCCCC/C=C\C/C=C\CC. The summed E-state index contributed by atoms with van der Waals surface area (Å²) in [7, 11) is 0. The van der Waals surface area contributed by atoms with Crippen LogP contribution in [0.1, 0.15) is 207 Å². The number of unbranched alkanes of at least 4 members (excludes halogenated alkanes) is 19. The van der Waals surface area contributed by atoms with Crippen LogP contribution in [0.5, 0.6) is 0 Å². The largest absolute Gasteiger partial charge is 0.462 e. The number of esters is 3. The van der Waals surface area contributed by atoms with Gasteiger partial charge in [-0.25, -0.2) is 0 Å². The van der Waals surface area contributed by atoms with E-state index in [1.54, 1.807) is 0 Å². The fourth-order valence-corrected chi connectivity index (χ4v) is 5.87. The lowest BCUT2D eigenvalue weighted by Gasteiger charge is -2.18. The van der Waals surface area contributed by atoms with Crippen molar-refractivity contribution in [3.05, 3.63) is 48.6 Å². The molecule has 0 saturated carbocycles. The van der Waals surface area contributed by atoms with Crippen LogP contribution in [-0.4, -0.2) is 37.2 Å². The van der Waals surface area contributed by atoms with E-state index < -0.39 is 6.10 Å². The highest BCUT2D eigenvalue weighted by atomic mass is 16.6. The van der Waals surface area contributed by atoms with Crippen molar-refractivity contribution in [3.8, 4) is 0 Å². The molecule has 52 heavy (non-hydrogen) atoms. The molecule has 0 N–H and O–H groups in total. The molecule has 0 bridgehead atoms. The van der Waals surface area contributed by atoms with Gasteiger partial charge in [-0.15, -0.1) is 0 Å². The normalized spacial score (nSPS) is 12.4. The summed E-state index contributed by atoms with van der Waals surface area (Å²) in [5.41, 5.74) is 0. The first-order valence-electron chi connectivity index (χ1n) is 21.6. The van der Waals surface area contributed by atoms with Crippen molar-refractivity contribution >= 4 is 17.9 Å². The summed E-state index contributed by atoms with van der Waals surface area (Å²) in [5, 5.41) is 0. The molecule has 1 unspecified atom stereocenters. The van der Waals surface area contributed by atoms with Crippen LogP contribution in [0.25, 0.3) is 0 Å². The van der Waals surface area contributed by atoms with Crippen LogP contribution in [-0.2, 0) is 28.6 Å². The second-order valence-corrected chi connectivity index (χ2v) is 14.2. The Kier molecular flexibility index (Phi) is 39.1. The Labute approximate surface area is 320 Å². The predicted molar refractivity (Wildman–Crippen MR) is 219 cm³/mol. The third kappa shape index (κ3) is 38.6. The molecular weight excluding hydrogens is 648 g/mol. The molecule has 6 nitrogen and oxygen atoms in total. The Morgan fingerprint density at radius 3 is 1.15 bits per heavy atom. The minimum Gasteiger partial charge on any atom is -0.462 e. The lowest BCUT2D eigenvalue weighted by atomic mass is 10.1. The molecule has 0 fully saturated rings. The average Bonchev–Trinajstić information content (AvgIpc) is 3.14. The van der Waals surface area contributed by atoms with E-state index in [2.05, 4.69) is 69.4 Å². The number of rotatable bonds is 38. The fourth-order valence-electron chi connectivity index (χ4n) is 5.87. The molecule has 300 valence electrons. The molecule has 0 aliphatic heterocycles. The predicted octanol–water partition coefficient (Wildman–Crippen LogP) is 13.6. The van der Waals surface area contributed by atoms with Gasteiger partial charge < -0.3 is 14.2 Å². The average molecular weight is 729 g/mol. The van der Waals surface area contributed by atoms with Crippen molar-refractivity contribution in [2.24, 2.45) is 0 Å². The maximum Gasteiger partial charge on any atom is 0.306 e. The van der Waals surface area contributed by atoms with Crippen LogP contribution >= 0.6 is 0 Å². The van der Waals surface area contributed by atoms with E-state index in [0.29, 0.717) is 19.3 Å². The molecule has 0 aromatic carbocycles. The van der Waals surface area contributed by atoms with Crippen molar-refractivity contribution in [3.63, 3.8) is 0 Å². The first-order chi connectivity index (χ1) is 25.5. The summed E-state index contributed by atoms with van der Waals surface area (Å²) in [5.74, 6) is -0.918. The third-order valence-electron chi connectivity index (χ3n) is 9.08. The highest BCUT2D eigenvalue weighted by Crippen LogP contribution is 2.14. The summed E-state index contributed by atoms with van der Waals surface area (Å²) >= 11 is 0. The lowest BCUT2D eigenvalue weighted by molar-refractivity contribution is -0.167. The van der Waals surface area contributed by atoms with Crippen molar-refractivity contribution in [1.29, 1.82) is 0 Å². The van der Waals surface area contributed by atoms with E-state index in [4.69, 9.17) is 14.2 Å². The van der Waals surface area contributed by atoms with Gasteiger partial charge in [-0.05, 0) is 70.6 Å². The summed E-state index contributed by atoms with van der Waals surface area (Å²) < 4.78 is 16.6. The quantitative estimate of drug-likeness (QED) is 0.0272. The maximum atomic E-state index is 12.7. The molecule has 0 spiro atoms. The first kappa shape index (κ1) is 49.4.